The van der Waals surface area contributed by atoms with Gasteiger partial charge in [-0.05, 0) is 39.0 Å². The number of ether oxygens (including phenoxy) is 1. The van der Waals surface area contributed by atoms with Crippen molar-refractivity contribution in [2.45, 2.75) is 45.6 Å². The van der Waals surface area contributed by atoms with Crippen LogP contribution in [0.1, 0.15) is 39.5 Å². The molecule has 0 radical (unpaired) electrons. The third-order valence-electron chi connectivity index (χ3n) is 3.27. The summed E-state index contributed by atoms with van der Waals surface area (Å²) in [6.45, 7) is 5.42. The van der Waals surface area contributed by atoms with Crippen molar-refractivity contribution in [3.05, 3.63) is 0 Å². The standard InChI is InChI=1S/C13H23NO4/c1-10(2)18-9-12(15)14-7-5-11(6-8-14)3-4-13(16)17/h10-11H,3-9H2,1-2H3,(H,16,17). The number of rotatable bonds is 6. The molecule has 1 aliphatic rings. The van der Waals surface area contributed by atoms with Crippen molar-refractivity contribution in [1.29, 1.82) is 0 Å². The van der Waals surface area contributed by atoms with Crippen molar-refractivity contribution in [3.8, 4) is 0 Å². The molecule has 5 heteroatoms. The molecular weight excluding hydrogens is 234 g/mol. The van der Waals surface area contributed by atoms with Crippen LogP contribution < -0.4 is 0 Å². The van der Waals surface area contributed by atoms with Crippen molar-refractivity contribution >= 4 is 11.9 Å². The van der Waals surface area contributed by atoms with Crippen molar-refractivity contribution in [2.75, 3.05) is 19.7 Å². The van der Waals surface area contributed by atoms with Gasteiger partial charge in [-0.2, -0.15) is 0 Å². The minimum absolute atomic E-state index is 0.0420. The summed E-state index contributed by atoms with van der Waals surface area (Å²) in [6, 6.07) is 0. The fraction of sp³-hybridized carbons (Fsp3) is 0.846. The monoisotopic (exact) mass is 257 g/mol. The van der Waals surface area contributed by atoms with Crippen LogP contribution in [0.5, 0.6) is 0 Å². The number of amides is 1. The molecule has 1 amide bonds. The lowest BCUT2D eigenvalue weighted by Gasteiger charge is -2.32. The van der Waals surface area contributed by atoms with Gasteiger partial charge in [0.05, 0.1) is 6.10 Å². The lowest BCUT2D eigenvalue weighted by molar-refractivity contribution is -0.140. The normalized spacial score (nSPS) is 17.2. The van der Waals surface area contributed by atoms with Crippen molar-refractivity contribution in [1.82, 2.24) is 4.90 Å². The van der Waals surface area contributed by atoms with Crippen LogP contribution in [0.3, 0.4) is 0 Å². The predicted octanol–water partition coefficient (Wildman–Crippen LogP) is 1.51. The average molecular weight is 257 g/mol. The smallest absolute Gasteiger partial charge is 0.303 e. The fourth-order valence-corrected chi connectivity index (χ4v) is 2.13. The van der Waals surface area contributed by atoms with Crippen LogP contribution in [0.25, 0.3) is 0 Å². The summed E-state index contributed by atoms with van der Waals surface area (Å²) in [5.41, 5.74) is 0. The van der Waals surface area contributed by atoms with Gasteiger partial charge >= 0.3 is 5.97 Å². The third-order valence-corrected chi connectivity index (χ3v) is 3.27. The van der Waals surface area contributed by atoms with Gasteiger partial charge in [-0.15, -0.1) is 0 Å². The van der Waals surface area contributed by atoms with Gasteiger partial charge in [0, 0.05) is 19.5 Å². The van der Waals surface area contributed by atoms with Gasteiger partial charge < -0.3 is 14.7 Å². The molecule has 1 N–H and O–H groups in total. The summed E-state index contributed by atoms with van der Waals surface area (Å²) >= 11 is 0. The van der Waals surface area contributed by atoms with E-state index in [1.807, 2.05) is 18.7 Å². The van der Waals surface area contributed by atoms with E-state index in [9.17, 15) is 9.59 Å². The van der Waals surface area contributed by atoms with E-state index in [0.717, 1.165) is 32.4 Å². The first kappa shape index (κ1) is 15.0. The second-order valence-corrected chi connectivity index (χ2v) is 5.12. The average Bonchev–Trinajstić information content (AvgIpc) is 2.34. The molecule has 1 rings (SSSR count). The molecule has 104 valence electrons. The highest BCUT2D eigenvalue weighted by Crippen LogP contribution is 2.21. The number of carboxylic acid groups (broad SMARTS) is 1. The topological polar surface area (TPSA) is 66.8 Å². The zero-order valence-electron chi connectivity index (χ0n) is 11.2. The zero-order chi connectivity index (χ0) is 13.5. The quantitative estimate of drug-likeness (QED) is 0.783. The maximum atomic E-state index is 11.8. The van der Waals surface area contributed by atoms with Crippen LogP contribution in [-0.4, -0.2) is 47.7 Å². The van der Waals surface area contributed by atoms with E-state index in [-0.39, 0.29) is 25.0 Å². The van der Waals surface area contributed by atoms with Crippen LogP contribution >= 0.6 is 0 Å². The van der Waals surface area contributed by atoms with Gasteiger partial charge in [0.1, 0.15) is 6.61 Å². The van der Waals surface area contributed by atoms with E-state index in [4.69, 9.17) is 9.84 Å². The summed E-state index contributed by atoms with van der Waals surface area (Å²) < 4.78 is 5.29. The van der Waals surface area contributed by atoms with Gasteiger partial charge in [0.15, 0.2) is 0 Å². The lowest BCUT2D eigenvalue weighted by Crippen LogP contribution is -2.40. The molecule has 0 unspecified atom stereocenters. The Morgan fingerprint density at radius 1 is 1.33 bits per heavy atom. The van der Waals surface area contributed by atoms with Crippen LogP contribution in [0, 0.1) is 5.92 Å². The van der Waals surface area contributed by atoms with Crippen LogP contribution in [0.4, 0.5) is 0 Å². The van der Waals surface area contributed by atoms with Gasteiger partial charge in [-0.25, -0.2) is 0 Å². The minimum atomic E-state index is -0.737. The molecular formula is C13H23NO4. The molecule has 18 heavy (non-hydrogen) atoms. The highest BCUT2D eigenvalue weighted by atomic mass is 16.5. The Morgan fingerprint density at radius 2 is 1.94 bits per heavy atom. The minimum Gasteiger partial charge on any atom is -0.481 e. The summed E-state index contributed by atoms with van der Waals surface area (Å²) in [7, 11) is 0. The Balaban J connectivity index is 2.22. The van der Waals surface area contributed by atoms with Crippen molar-refractivity contribution in [3.63, 3.8) is 0 Å². The number of nitrogens with zero attached hydrogens (tertiary/aromatic N) is 1. The van der Waals surface area contributed by atoms with Gasteiger partial charge in [-0.3, -0.25) is 9.59 Å². The Hall–Kier alpha value is -1.10. The number of likely N-dealkylation sites (tertiary alicyclic amines) is 1. The van der Waals surface area contributed by atoms with E-state index >= 15 is 0 Å². The van der Waals surface area contributed by atoms with E-state index in [0.29, 0.717) is 5.92 Å². The Morgan fingerprint density at radius 3 is 2.44 bits per heavy atom. The number of hydrogen-bond donors (Lipinski definition) is 1. The van der Waals surface area contributed by atoms with Crippen molar-refractivity contribution < 1.29 is 19.4 Å². The molecule has 0 atom stereocenters. The lowest BCUT2D eigenvalue weighted by atomic mass is 9.92. The second-order valence-electron chi connectivity index (χ2n) is 5.12. The highest BCUT2D eigenvalue weighted by Gasteiger charge is 2.23. The third kappa shape index (κ3) is 5.49. The van der Waals surface area contributed by atoms with Crippen LogP contribution in [0.15, 0.2) is 0 Å². The van der Waals surface area contributed by atoms with E-state index < -0.39 is 5.97 Å². The van der Waals surface area contributed by atoms with Crippen molar-refractivity contribution in [2.24, 2.45) is 5.92 Å². The number of hydrogen-bond acceptors (Lipinski definition) is 3. The number of carbonyl (C=O) groups excluding carboxylic acids is 1. The zero-order valence-corrected chi connectivity index (χ0v) is 11.2. The molecule has 1 saturated heterocycles. The number of carbonyl (C=O) groups is 2. The largest absolute Gasteiger partial charge is 0.481 e. The molecule has 0 bridgehead atoms. The summed E-state index contributed by atoms with van der Waals surface area (Å²) in [5, 5.41) is 8.63. The molecule has 5 nitrogen and oxygen atoms in total. The summed E-state index contributed by atoms with van der Waals surface area (Å²) in [5.74, 6) is -0.254. The SMILES string of the molecule is CC(C)OCC(=O)N1CCC(CCC(=O)O)CC1. The highest BCUT2D eigenvalue weighted by molar-refractivity contribution is 5.77. The van der Waals surface area contributed by atoms with Gasteiger partial charge in [0.2, 0.25) is 5.91 Å². The maximum absolute atomic E-state index is 11.8. The number of carboxylic acids is 1. The molecule has 0 aliphatic carbocycles. The van der Waals surface area contributed by atoms with Gasteiger partial charge in [-0.1, -0.05) is 0 Å². The summed E-state index contributed by atoms with van der Waals surface area (Å²) in [4.78, 5) is 24.1. The van der Waals surface area contributed by atoms with Gasteiger partial charge in [0.25, 0.3) is 0 Å². The predicted molar refractivity (Wildman–Crippen MR) is 67.3 cm³/mol. The molecule has 1 heterocycles. The first-order chi connectivity index (χ1) is 8.49. The summed E-state index contributed by atoms with van der Waals surface area (Å²) in [6.07, 6.45) is 2.83. The Labute approximate surface area is 108 Å². The Kier molecular flexibility index (Phi) is 6.12. The molecule has 0 aromatic rings. The second kappa shape index (κ2) is 7.36. The molecule has 0 spiro atoms. The molecule has 1 aliphatic heterocycles. The van der Waals surface area contributed by atoms with E-state index in [1.54, 1.807) is 0 Å². The first-order valence-electron chi connectivity index (χ1n) is 6.60. The first-order valence-corrected chi connectivity index (χ1v) is 6.60. The van der Waals surface area contributed by atoms with Crippen LogP contribution in [-0.2, 0) is 14.3 Å². The molecule has 0 aromatic heterocycles. The maximum Gasteiger partial charge on any atom is 0.303 e. The number of aliphatic carboxylic acids is 1. The Bertz CT molecular complexity index is 283. The van der Waals surface area contributed by atoms with E-state index in [1.165, 1.54) is 0 Å². The fourth-order valence-electron chi connectivity index (χ4n) is 2.13. The van der Waals surface area contributed by atoms with E-state index in [2.05, 4.69) is 0 Å². The molecule has 0 saturated carbocycles. The number of piperidine rings is 1. The molecule has 0 aromatic carbocycles. The molecule has 1 fully saturated rings. The van der Waals surface area contributed by atoms with Crippen LogP contribution in [0.2, 0.25) is 0 Å².